The molecule has 3 rings (SSSR count). The predicted molar refractivity (Wildman–Crippen MR) is 86.6 cm³/mol. The van der Waals surface area contributed by atoms with Crippen LogP contribution in [-0.4, -0.2) is 15.8 Å². The Bertz CT molecular complexity index is 756. The van der Waals surface area contributed by atoms with Crippen molar-refractivity contribution < 1.29 is 9.52 Å². The molecule has 6 nitrogen and oxygen atoms in total. The largest absolute Gasteiger partial charge is 0.507 e. The highest BCUT2D eigenvalue weighted by Gasteiger charge is 2.15. The van der Waals surface area contributed by atoms with E-state index in [4.69, 9.17) is 4.42 Å². The second kappa shape index (κ2) is 6.31. The van der Waals surface area contributed by atoms with Gasteiger partial charge in [-0.05, 0) is 32.6 Å². The Hall–Kier alpha value is -2.15. The van der Waals surface area contributed by atoms with E-state index in [2.05, 4.69) is 15.5 Å². The molecule has 22 heavy (non-hydrogen) atoms. The summed E-state index contributed by atoms with van der Waals surface area (Å²) in [7, 11) is 0. The number of aromatic nitrogens is 1. The van der Waals surface area contributed by atoms with Crippen LogP contribution >= 0.6 is 11.3 Å². The molecule has 2 aromatic rings. The van der Waals surface area contributed by atoms with Gasteiger partial charge in [0.1, 0.15) is 17.1 Å². The summed E-state index contributed by atoms with van der Waals surface area (Å²) in [5.41, 5.74) is 3.97. The second-order valence-corrected chi connectivity index (χ2v) is 6.15. The van der Waals surface area contributed by atoms with Gasteiger partial charge in [-0.1, -0.05) is 6.42 Å². The van der Waals surface area contributed by atoms with E-state index >= 15 is 0 Å². The van der Waals surface area contributed by atoms with Gasteiger partial charge in [0.05, 0.1) is 5.69 Å². The van der Waals surface area contributed by atoms with Crippen LogP contribution in [0.1, 0.15) is 37.9 Å². The van der Waals surface area contributed by atoms with Gasteiger partial charge >= 0.3 is 5.63 Å². The molecule has 0 aliphatic heterocycles. The predicted octanol–water partition coefficient (Wildman–Crippen LogP) is 3.51. The van der Waals surface area contributed by atoms with Gasteiger partial charge < -0.3 is 9.52 Å². The fraction of sp³-hybridized carbons (Fsp3) is 0.400. The number of anilines is 1. The standard InChI is InChI=1S/C15H17N3O3S/c1-9-7-12(19)13(14(20)21-9)11-8-22-15(16-11)18-17-10-5-3-2-4-6-10/h7-8,19H,2-6H2,1H3,(H,16,18). The SMILES string of the molecule is Cc1cc(O)c(-c2csc(NN=C3CCCCC3)n2)c(=O)o1. The molecule has 1 fully saturated rings. The second-order valence-electron chi connectivity index (χ2n) is 5.29. The van der Waals surface area contributed by atoms with Crippen LogP contribution in [0.5, 0.6) is 5.75 Å². The quantitative estimate of drug-likeness (QED) is 0.845. The Morgan fingerprint density at radius 3 is 2.86 bits per heavy atom. The number of aryl methyl sites for hydroxylation is 1. The Kier molecular flexibility index (Phi) is 4.24. The topological polar surface area (TPSA) is 87.7 Å². The molecule has 0 spiro atoms. The van der Waals surface area contributed by atoms with E-state index in [1.807, 2.05) is 0 Å². The lowest BCUT2D eigenvalue weighted by Crippen LogP contribution is -2.07. The third kappa shape index (κ3) is 3.19. The first-order chi connectivity index (χ1) is 10.6. The van der Waals surface area contributed by atoms with Crippen LogP contribution in [0.4, 0.5) is 5.13 Å². The zero-order valence-corrected chi connectivity index (χ0v) is 13.1. The van der Waals surface area contributed by atoms with Crippen molar-refractivity contribution in [2.24, 2.45) is 5.10 Å². The summed E-state index contributed by atoms with van der Waals surface area (Å²) in [6, 6.07) is 1.41. The number of nitrogens with zero attached hydrogens (tertiary/aromatic N) is 2. The highest BCUT2D eigenvalue weighted by Crippen LogP contribution is 2.29. The van der Waals surface area contributed by atoms with Crippen LogP contribution in [0.15, 0.2) is 25.8 Å². The van der Waals surface area contributed by atoms with E-state index in [0.29, 0.717) is 16.6 Å². The molecule has 0 atom stereocenters. The molecule has 0 radical (unpaired) electrons. The summed E-state index contributed by atoms with van der Waals surface area (Å²) in [5, 5.41) is 16.6. The Balaban J connectivity index is 1.81. The first-order valence-corrected chi connectivity index (χ1v) is 8.12. The first-order valence-electron chi connectivity index (χ1n) is 7.24. The van der Waals surface area contributed by atoms with E-state index in [-0.39, 0.29) is 11.3 Å². The number of hydrogen-bond acceptors (Lipinski definition) is 7. The first kappa shape index (κ1) is 14.8. The van der Waals surface area contributed by atoms with Gasteiger partial charge in [0.2, 0.25) is 5.13 Å². The summed E-state index contributed by atoms with van der Waals surface area (Å²) in [5.74, 6) is 0.243. The zero-order valence-electron chi connectivity index (χ0n) is 12.3. The summed E-state index contributed by atoms with van der Waals surface area (Å²) >= 11 is 1.33. The minimum Gasteiger partial charge on any atom is -0.507 e. The van der Waals surface area contributed by atoms with Gasteiger partial charge in [-0.15, -0.1) is 11.3 Å². The smallest absolute Gasteiger partial charge is 0.349 e. The maximum Gasteiger partial charge on any atom is 0.349 e. The van der Waals surface area contributed by atoms with Crippen LogP contribution in [0.3, 0.4) is 0 Å². The van der Waals surface area contributed by atoms with E-state index in [9.17, 15) is 9.90 Å². The van der Waals surface area contributed by atoms with Crippen LogP contribution < -0.4 is 11.1 Å². The van der Waals surface area contributed by atoms with E-state index in [0.717, 1.165) is 18.6 Å². The molecule has 0 aromatic carbocycles. The molecule has 0 amide bonds. The lowest BCUT2D eigenvalue weighted by Gasteiger charge is -2.11. The highest BCUT2D eigenvalue weighted by atomic mass is 32.1. The highest BCUT2D eigenvalue weighted by molar-refractivity contribution is 7.14. The lowest BCUT2D eigenvalue weighted by molar-refractivity contribution is 0.438. The van der Waals surface area contributed by atoms with Gasteiger partial charge in [0.25, 0.3) is 0 Å². The average molecular weight is 319 g/mol. The molecule has 1 saturated carbocycles. The number of aromatic hydroxyl groups is 1. The monoisotopic (exact) mass is 319 g/mol. The molecular weight excluding hydrogens is 302 g/mol. The average Bonchev–Trinajstić information content (AvgIpc) is 2.94. The molecule has 0 bridgehead atoms. The number of nitrogens with one attached hydrogen (secondary N) is 1. The molecule has 7 heteroatoms. The minimum atomic E-state index is -0.590. The minimum absolute atomic E-state index is 0.0835. The third-order valence-electron chi connectivity index (χ3n) is 3.55. The Morgan fingerprint density at radius 2 is 2.14 bits per heavy atom. The third-order valence-corrected chi connectivity index (χ3v) is 4.30. The molecule has 116 valence electrons. The summed E-state index contributed by atoms with van der Waals surface area (Å²) in [6.45, 7) is 1.61. The normalized spacial score (nSPS) is 14.9. The maximum atomic E-state index is 11.9. The fourth-order valence-corrected chi connectivity index (χ4v) is 3.11. The summed E-state index contributed by atoms with van der Waals surface area (Å²) in [4.78, 5) is 16.2. The van der Waals surface area contributed by atoms with Crippen molar-refractivity contribution in [1.82, 2.24) is 4.98 Å². The Morgan fingerprint density at radius 1 is 1.36 bits per heavy atom. The molecular formula is C15H17N3O3S. The zero-order chi connectivity index (χ0) is 15.5. The van der Waals surface area contributed by atoms with Crippen molar-refractivity contribution >= 4 is 22.2 Å². The summed E-state index contributed by atoms with van der Waals surface area (Å²) in [6.07, 6.45) is 5.67. The van der Waals surface area contributed by atoms with Gasteiger partial charge in [0.15, 0.2) is 0 Å². The van der Waals surface area contributed by atoms with E-state index in [1.165, 1.54) is 36.7 Å². The van der Waals surface area contributed by atoms with Gasteiger partial charge in [-0.2, -0.15) is 5.10 Å². The molecule has 0 unspecified atom stereocenters. The van der Waals surface area contributed by atoms with Crippen LogP contribution in [0.2, 0.25) is 0 Å². The number of thiazole rings is 1. The number of hydrogen-bond donors (Lipinski definition) is 2. The van der Waals surface area contributed by atoms with Crippen molar-refractivity contribution in [3.8, 4) is 17.0 Å². The van der Waals surface area contributed by atoms with Gasteiger partial charge in [0, 0.05) is 17.2 Å². The molecule has 1 aliphatic rings. The lowest BCUT2D eigenvalue weighted by atomic mass is 9.99. The van der Waals surface area contributed by atoms with Gasteiger partial charge in [-0.25, -0.2) is 9.78 Å². The Labute approximate surface area is 131 Å². The van der Waals surface area contributed by atoms with Crippen molar-refractivity contribution in [2.75, 3.05) is 5.43 Å². The van der Waals surface area contributed by atoms with Crippen molar-refractivity contribution in [3.05, 3.63) is 27.6 Å². The fourth-order valence-electron chi connectivity index (χ4n) is 2.47. The van der Waals surface area contributed by atoms with Gasteiger partial charge in [-0.3, -0.25) is 5.43 Å². The van der Waals surface area contributed by atoms with Crippen molar-refractivity contribution in [3.63, 3.8) is 0 Å². The van der Waals surface area contributed by atoms with Crippen molar-refractivity contribution in [2.45, 2.75) is 39.0 Å². The maximum absolute atomic E-state index is 11.9. The van der Waals surface area contributed by atoms with Crippen LogP contribution in [-0.2, 0) is 0 Å². The van der Waals surface area contributed by atoms with Crippen LogP contribution in [0.25, 0.3) is 11.3 Å². The summed E-state index contributed by atoms with van der Waals surface area (Å²) < 4.78 is 5.01. The molecule has 0 saturated heterocycles. The molecule has 1 aliphatic carbocycles. The molecule has 2 aromatic heterocycles. The van der Waals surface area contributed by atoms with E-state index in [1.54, 1.807) is 12.3 Å². The van der Waals surface area contributed by atoms with Crippen molar-refractivity contribution in [1.29, 1.82) is 0 Å². The molecule has 2 N–H and O–H groups in total. The molecule has 2 heterocycles. The van der Waals surface area contributed by atoms with E-state index < -0.39 is 5.63 Å². The van der Waals surface area contributed by atoms with Crippen LogP contribution in [0, 0.1) is 6.92 Å². The number of hydrazone groups is 1. The number of rotatable bonds is 3.